The molecule has 0 saturated carbocycles. The van der Waals surface area contributed by atoms with Crippen molar-refractivity contribution < 1.29 is 14.4 Å². The number of hydrogen-bond donors (Lipinski definition) is 2. The Balaban J connectivity index is 1.74. The van der Waals surface area contributed by atoms with E-state index in [1.807, 2.05) is 25.1 Å². The highest BCUT2D eigenvalue weighted by atomic mass is 16.2. The fraction of sp³-hybridized carbons (Fsp3) is 0.318. The summed E-state index contributed by atoms with van der Waals surface area (Å²) in [5, 5.41) is 5.55. The third-order valence-electron chi connectivity index (χ3n) is 4.92. The molecule has 3 rings (SSSR count). The standard InChI is InChI=1S/C22H25N3O3/c1-4-16-8-5-7-14(2)21(16)25-13-17(11-20(25)27)22(28)24-19-10-6-9-18(12-19)23-15(3)26/h5-10,12,17H,4,11,13H2,1-3H3,(H,23,26)(H,24,28). The third-order valence-corrected chi connectivity index (χ3v) is 4.92. The van der Waals surface area contributed by atoms with E-state index in [2.05, 4.69) is 17.6 Å². The first kappa shape index (κ1) is 19.6. The summed E-state index contributed by atoms with van der Waals surface area (Å²) < 4.78 is 0. The summed E-state index contributed by atoms with van der Waals surface area (Å²) in [6, 6.07) is 13.0. The lowest BCUT2D eigenvalue weighted by atomic mass is 10.0. The Kier molecular flexibility index (Phi) is 5.78. The van der Waals surface area contributed by atoms with E-state index < -0.39 is 5.92 Å². The molecule has 2 aromatic rings. The average Bonchev–Trinajstić information content (AvgIpc) is 3.02. The molecule has 3 amide bonds. The predicted octanol–water partition coefficient (Wildman–Crippen LogP) is 3.51. The van der Waals surface area contributed by atoms with Crippen molar-refractivity contribution >= 4 is 34.8 Å². The Morgan fingerprint density at radius 3 is 2.46 bits per heavy atom. The Labute approximate surface area is 164 Å². The maximum Gasteiger partial charge on any atom is 0.229 e. The van der Waals surface area contributed by atoms with Crippen LogP contribution in [0.4, 0.5) is 17.1 Å². The summed E-state index contributed by atoms with van der Waals surface area (Å²) in [6.45, 7) is 5.85. The lowest BCUT2D eigenvalue weighted by Crippen LogP contribution is -2.29. The van der Waals surface area contributed by atoms with Crippen LogP contribution in [0.1, 0.15) is 31.4 Å². The fourth-order valence-electron chi connectivity index (χ4n) is 3.61. The Morgan fingerprint density at radius 2 is 1.79 bits per heavy atom. The van der Waals surface area contributed by atoms with Crippen molar-refractivity contribution in [1.82, 2.24) is 0 Å². The fourth-order valence-corrected chi connectivity index (χ4v) is 3.61. The number of carbonyl (C=O) groups excluding carboxylic acids is 3. The number of aryl methyl sites for hydroxylation is 2. The number of nitrogens with one attached hydrogen (secondary N) is 2. The van der Waals surface area contributed by atoms with Gasteiger partial charge in [-0.25, -0.2) is 0 Å². The molecular weight excluding hydrogens is 354 g/mol. The van der Waals surface area contributed by atoms with Gasteiger partial charge in [0.05, 0.1) is 5.92 Å². The molecule has 146 valence electrons. The van der Waals surface area contributed by atoms with E-state index in [9.17, 15) is 14.4 Å². The first-order valence-electron chi connectivity index (χ1n) is 9.46. The van der Waals surface area contributed by atoms with E-state index in [4.69, 9.17) is 0 Å². The first-order valence-corrected chi connectivity index (χ1v) is 9.46. The molecule has 6 nitrogen and oxygen atoms in total. The van der Waals surface area contributed by atoms with Crippen molar-refractivity contribution in [3.8, 4) is 0 Å². The number of amides is 3. The lowest BCUT2D eigenvalue weighted by Gasteiger charge is -2.22. The molecule has 1 aliphatic heterocycles. The molecule has 0 radical (unpaired) electrons. The number of carbonyl (C=O) groups is 3. The minimum Gasteiger partial charge on any atom is -0.326 e. The topological polar surface area (TPSA) is 78.5 Å². The van der Waals surface area contributed by atoms with Gasteiger partial charge in [-0.3, -0.25) is 14.4 Å². The second-order valence-corrected chi connectivity index (χ2v) is 7.09. The lowest BCUT2D eigenvalue weighted by molar-refractivity contribution is -0.122. The van der Waals surface area contributed by atoms with Crippen LogP contribution in [0.15, 0.2) is 42.5 Å². The minimum absolute atomic E-state index is 0.0313. The average molecular weight is 379 g/mol. The van der Waals surface area contributed by atoms with Crippen LogP contribution in [0.3, 0.4) is 0 Å². The molecular formula is C22H25N3O3. The third kappa shape index (κ3) is 4.22. The summed E-state index contributed by atoms with van der Waals surface area (Å²) in [4.78, 5) is 38.3. The molecule has 1 saturated heterocycles. The first-order chi connectivity index (χ1) is 13.4. The second-order valence-electron chi connectivity index (χ2n) is 7.09. The Hall–Kier alpha value is -3.15. The molecule has 1 atom stereocenters. The van der Waals surface area contributed by atoms with Gasteiger partial charge in [0.25, 0.3) is 0 Å². The van der Waals surface area contributed by atoms with E-state index in [1.165, 1.54) is 6.92 Å². The van der Waals surface area contributed by atoms with Gasteiger partial charge >= 0.3 is 0 Å². The van der Waals surface area contributed by atoms with Crippen LogP contribution < -0.4 is 15.5 Å². The summed E-state index contributed by atoms with van der Waals surface area (Å²) in [6.07, 6.45) is 1.02. The summed E-state index contributed by atoms with van der Waals surface area (Å²) in [5.41, 5.74) is 4.28. The normalized spacial score (nSPS) is 16.2. The molecule has 6 heteroatoms. The Bertz CT molecular complexity index is 923. The number of para-hydroxylation sites is 1. The smallest absolute Gasteiger partial charge is 0.229 e. The zero-order chi connectivity index (χ0) is 20.3. The van der Waals surface area contributed by atoms with Crippen LogP contribution in [0, 0.1) is 12.8 Å². The van der Waals surface area contributed by atoms with Gasteiger partial charge in [-0.05, 0) is 42.7 Å². The van der Waals surface area contributed by atoms with Gasteiger partial charge in [0.15, 0.2) is 0 Å². The number of rotatable bonds is 5. The van der Waals surface area contributed by atoms with Crippen LogP contribution in [0.5, 0.6) is 0 Å². The van der Waals surface area contributed by atoms with Gasteiger partial charge in [-0.2, -0.15) is 0 Å². The van der Waals surface area contributed by atoms with Gasteiger partial charge in [0.1, 0.15) is 0 Å². The summed E-state index contributed by atoms with van der Waals surface area (Å²) in [5.74, 6) is -0.815. The van der Waals surface area contributed by atoms with Crippen molar-refractivity contribution in [2.75, 3.05) is 22.1 Å². The molecule has 2 aromatic carbocycles. The van der Waals surface area contributed by atoms with Crippen LogP contribution in [-0.4, -0.2) is 24.3 Å². The second kappa shape index (κ2) is 8.25. The summed E-state index contributed by atoms with van der Waals surface area (Å²) >= 11 is 0. The molecule has 1 aliphatic rings. The molecule has 1 fully saturated rings. The van der Waals surface area contributed by atoms with Gasteiger partial charge < -0.3 is 15.5 Å². The number of hydrogen-bond acceptors (Lipinski definition) is 3. The highest BCUT2D eigenvalue weighted by molar-refractivity contribution is 6.04. The molecule has 28 heavy (non-hydrogen) atoms. The van der Waals surface area contributed by atoms with Crippen molar-refractivity contribution in [3.05, 3.63) is 53.6 Å². The molecule has 0 aromatic heterocycles. The van der Waals surface area contributed by atoms with Crippen molar-refractivity contribution in [2.24, 2.45) is 5.92 Å². The van der Waals surface area contributed by atoms with Crippen molar-refractivity contribution in [3.63, 3.8) is 0 Å². The van der Waals surface area contributed by atoms with Gasteiger partial charge in [-0.1, -0.05) is 31.2 Å². The van der Waals surface area contributed by atoms with E-state index in [1.54, 1.807) is 29.2 Å². The van der Waals surface area contributed by atoms with Gasteiger partial charge in [0, 0.05) is 37.0 Å². The largest absolute Gasteiger partial charge is 0.326 e. The molecule has 1 heterocycles. The van der Waals surface area contributed by atoms with E-state index >= 15 is 0 Å². The molecule has 0 bridgehead atoms. The number of nitrogens with zero attached hydrogens (tertiary/aromatic N) is 1. The number of anilines is 3. The molecule has 2 N–H and O–H groups in total. The predicted molar refractivity (Wildman–Crippen MR) is 110 cm³/mol. The zero-order valence-corrected chi connectivity index (χ0v) is 16.4. The highest BCUT2D eigenvalue weighted by Crippen LogP contribution is 2.32. The number of benzene rings is 2. The van der Waals surface area contributed by atoms with Crippen molar-refractivity contribution in [1.29, 1.82) is 0 Å². The maximum absolute atomic E-state index is 12.7. The Morgan fingerprint density at radius 1 is 1.11 bits per heavy atom. The van der Waals surface area contributed by atoms with E-state index in [0.717, 1.165) is 23.2 Å². The monoisotopic (exact) mass is 379 g/mol. The maximum atomic E-state index is 12.7. The minimum atomic E-state index is -0.416. The van der Waals surface area contributed by atoms with Crippen LogP contribution in [0.25, 0.3) is 0 Å². The van der Waals surface area contributed by atoms with Crippen LogP contribution >= 0.6 is 0 Å². The molecule has 1 unspecified atom stereocenters. The molecule has 0 aliphatic carbocycles. The quantitative estimate of drug-likeness (QED) is 0.834. The molecule has 0 spiro atoms. The van der Waals surface area contributed by atoms with E-state index in [-0.39, 0.29) is 24.1 Å². The van der Waals surface area contributed by atoms with Crippen LogP contribution in [0.2, 0.25) is 0 Å². The highest BCUT2D eigenvalue weighted by Gasteiger charge is 2.36. The van der Waals surface area contributed by atoms with Crippen molar-refractivity contribution in [2.45, 2.75) is 33.6 Å². The van der Waals surface area contributed by atoms with E-state index in [0.29, 0.717) is 17.9 Å². The van der Waals surface area contributed by atoms with Crippen LogP contribution in [-0.2, 0) is 20.8 Å². The zero-order valence-electron chi connectivity index (χ0n) is 16.4. The van der Waals surface area contributed by atoms with Gasteiger partial charge in [0.2, 0.25) is 17.7 Å². The van der Waals surface area contributed by atoms with Gasteiger partial charge in [-0.15, -0.1) is 0 Å². The summed E-state index contributed by atoms with van der Waals surface area (Å²) in [7, 11) is 0. The SMILES string of the molecule is CCc1cccc(C)c1N1CC(C(=O)Nc2cccc(NC(C)=O)c2)CC1=O.